The second kappa shape index (κ2) is 10.5. The molecule has 3 aromatic carbocycles. The highest BCUT2D eigenvalue weighted by Crippen LogP contribution is 2.24. The predicted octanol–water partition coefficient (Wildman–Crippen LogP) is 4.05. The fourth-order valence-corrected chi connectivity index (χ4v) is 4.28. The highest BCUT2D eigenvalue weighted by atomic mass is 19.1. The number of nitrogens with one attached hydrogen (secondary N) is 1. The molecular formula is C27H27FN2O4. The number of hydrogen-bond donors (Lipinski definition) is 1. The summed E-state index contributed by atoms with van der Waals surface area (Å²) < 4.78 is 23.5. The number of rotatable bonds is 7. The van der Waals surface area contributed by atoms with Crippen LogP contribution in [0, 0.1) is 5.82 Å². The SMILES string of the molecule is COC(=O)[C@@H]1C[C@@H](NC(=O)c2cccc(-c3ccc(F)cc3)c2)CN1Cc1ccc(OC)cc1. The summed E-state index contributed by atoms with van der Waals surface area (Å²) in [6, 6.07) is 20.4. The first-order valence-corrected chi connectivity index (χ1v) is 11.1. The normalized spacial score (nSPS) is 17.9. The molecule has 7 heteroatoms. The fourth-order valence-electron chi connectivity index (χ4n) is 4.28. The summed E-state index contributed by atoms with van der Waals surface area (Å²) in [5.74, 6) is -0.0756. The van der Waals surface area contributed by atoms with Crippen LogP contribution in [0.25, 0.3) is 11.1 Å². The lowest BCUT2D eigenvalue weighted by Crippen LogP contribution is -2.37. The van der Waals surface area contributed by atoms with E-state index in [1.807, 2.05) is 35.2 Å². The molecule has 0 saturated carbocycles. The van der Waals surface area contributed by atoms with Crippen molar-refractivity contribution in [1.29, 1.82) is 0 Å². The Morgan fingerprint density at radius 3 is 2.41 bits per heavy atom. The Hall–Kier alpha value is -3.71. The van der Waals surface area contributed by atoms with Crippen molar-refractivity contribution < 1.29 is 23.5 Å². The maximum atomic E-state index is 13.2. The third kappa shape index (κ3) is 5.43. The molecule has 1 aliphatic heterocycles. The van der Waals surface area contributed by atoms with Gasteiger partial charge in [0.05, 0.1) is 14.2 Å². The maximum absolute atomic E-state index is 13.2. The Labute approximate surface area is 198 Å². The van der Waals surface area contributed by atoms with Crippen molar-refractivity contribution in [2.45, 2.75) is 25.0 Å². The average Bonchev–Trinajstić information content (AvgIpc) is 3.26. The van der Waals surface area contributed by atoms with E-state index < -0.39 is 6.04 Å². The van der Waals surface area contributed by atoms with Gasteiger partial charge in [-0.15, -0.1) is 0 Å². The molecule has 1 heterocycles. The number of halogens is 1. The fraction of sp³-hybridized carbons (Fsp3) is 0.259. The highest BCUT2D eigenvalue weighted by Gasteiger charge is 2.38. The smallest absolute Gasteiger partial charge is 0.323 e. The van der Waals surface area contributed by atoms with Gasteiger partial charge < -0.3 is 14.8 Å². The summed E-state index contributed by atoms with van der Waals surface area (Å²) in [7, 11) is 2.99. The Bertz CT molecular complexity index is 1150. The van der Waals surface area contributed by atoms with E-state index in [0.717, 1.165) is 22.4 Å². The van der Waals surface area contributed by atoms with Crippen LogP contribution in [-0.2, 0) is 16.1 Å². The zero-order valence-electron chi connectivity index (χ0n) is 19.2. The lowest BCUT2D eigenvalue weighted by molar-refractivity contribution is -0.146. The minimum Gasteiger partial charge on any atom is -0.497 e. The van der Waals surface area contributed by atoms with Crippen molar-refractivity contribution in [1.82, 2.24) is 10.2 Å². The number of benzene rings is 3. The highest BCUT2D eigenvalue weighted by molar-refractivity contribution is 5.95. The summed E-state index contributed by atoms with van der Waals surface area (Å²) in [6.07, 6.45) is 0.465. The molecule has 1 aliphatic rings. The van der Waals surface area contributed by atoms with Crippen LogP contribution in [0.2, 0.25) is 0 Å². The molecule has 0 spiro atoms. The van der Waals surface area contributed by atoms with Crippen LogP contribution < -0.4 is 10.1 Å². The molecule has 0 radical (unpaired) electrons. The zero-order valence-corrected chi connectivity index (χ0v) is 19.2. The van der Waals surface area contributed by atoms with E-state index in [4.69, 9.17) is 9.47 Å². The van der Waals surface area contributed by atoms with Gasteiger partial charge in [0.2, 0.25) is 0 Å². The van der Waals surface area contributed by atoms with E-state index in [2.05, 4.69) is 5.32 Å². The van der Waals surface area contributed by atoms with Crippen LogP contribution in [0.15, 0.2) is 72.8 Å². The molecule has 0 unspecified atom stereocenters. The molecule has 1 fully saturated rings. The van der Waals surface area contributed by atoms with Crippen LogP contribution in [0.4, 0.5) is 4.39 Å². The van der Waals surface area contributed by atoms with Crippen molar-refractivity contribution >= 4 is 11.9 Å². The molecule has 4 rings (SSSR count). The van der Waals surface area contributed by atoms with E-state index in [1.165, 1.54) is 19.2 Å². The van der Waals surface area contributed by atoms with Crippen molar-refractivity contribution in [3.8, 4) is 16.9 Å². The first-order chi connectivity index (χ1) is 16.5. The van der Waals surface area contributed by atoms with E-state index in [1.54, 1.807) is 37.4 Å². The monoisotopic (exact) mass is 462 g/mol. The van der Waals surface area contributed by atoms with E-state index in [9.17, 15) is 14.0 Å². The molecule has 1 saturated heterocycles. The number of amides is 1. The first-order valence-electron chi connectivity index (χ1n) is 11.1. The first kappa shape index (κ1) is 23.4. The summed E-state index contributed by atoms with van der Waals surface area (Å²) in [4.78, 5) is 27.4. The lowest BCUT2D eigenvalue weighted by atomic mass is 10.0. The van der Waals surface area contributed by atoms with Gasteiger partial charge in [-0.05, 0) is 59.5 Å². The molecule has 0 bridgehead atoms. The number of likely N-dealkylation sites (tertiary alicyclic amines) is 1. The van der Waals surface area contributed by atoms with Crippen LogP contribution in [0.3, 0.4) is 0 Å². The number of carbonyl (C=O) groups is 2. The van der Waals surface area contributed by atoms with Gasteiger partial charge in [0.15, 0.2) is 0 Å². The van der Waals surface area contributed by atoms with Crippen LogP contribution in [-0.4, -0.2) is 49.6 Å². The van der Waals surface area contributed by atoms with Gasteiger partial charge in [-0.2, -0.15) is 0 Å². The third-order valence-electron chi connectivity index (χ3n) is 6.06. The Balaban J connectivity index is 1.45. The van der Waals surface area contributed by atoms with Crippen LogP contribution >= 0.6 is 0 Å². The van der Waals surface area contributed by atoms with Crippen LogP contribution in [0.1, 0.15) is 22.3 Å². The Kier molecular flexibility index (Phi) is 7.23. The van der Waals surface area contributed by atoms with Crippen LogP contribution in [0.5, 0.6) is 5.75 Å². The summed E-state index contributed by atoms with van der Waals surface area (Å²) in [6.45, 7) is 1.07. The molecule has 0 aromatic heterocycles. The molecule has 1 N–H and O–H groups in total. The van der Waals surface area contributed by atoms with Gasteiger partial charge in [0.25, 0.3) is 5.91 Å². The molecule has 34 heavy (non-hydrogen) atoms. The molecule has 2 atom stereocenters. The van der Waals surface area contributed by atoms with Crippen molar-refractivity contribution in [3.63, 3.8) is 0 Å². The van der Waals surface area contributed by atoms with Gasteiger partial charge in [-0.1, -0.05) is 36.4 Å². The second-order valence-corrected chi connectivity index (χ2v) is 8.31. The van der Waals surface area contributed by atoms with Crippen molar-refractivity contribution in [2.75, 3.05) is 20.8 Å². The number of nitrogens with zero attached hydrogens (tertiary/aromatic N) is 1. The molecular weight excluding hydrogens is 435 g/mol. The quantitative estimate of drug-likeness (QED) is 0.537. The minimum atomic E-state index is -0.442. The zero-order chi connectivity index (χ0) is 24.1. The minimum absolute atomic E-state index is 0.204. The molecule has 3 aromatic rings. The van der Waals surface area contributed by atoms with Gasteiger partial charge in [-0.25, -0.2) is 4.39 Å². The van der Waals surface area contributed by atoms with Gasteiger partial charge >= 0.3 is 5.97 Å². The largest absolute Gasteiger partial charge is 0.497 e. The molecule has 176 valence electrons. The number of esters is 1. The summed E-state index contributed by atoms with van der Waals surface area (Å²) in [5, 5.41) is 3.06. The van der Waals surface area contributed by atoms with Crippen molar-refractivity contribution in [3.05, 3.63) is 89.7 Å². The Morgan fingerprint density at radius 1 is 1.00 bits per heavy atom. The lowest BCUT2D eigenvalue weighted by Gasteiger charge is -2.22. The molecule has 1 amide bonds. The standard InChI is InChI=1S/C27H27FN2O4/c1-33-24-12-6-18(7-13-24)16-30-17-23(15-25(30)27(32)34-2)29-26(31)21-5-3-4-20(14-21)19-8-10-22(28)11-9-19/h3-14,23,25H,15-17H2,1-2H3,(H,29,31)/t23-,25+/m1/s1. The topological polar surface area (TPSA) is 67.9 Å². The number of carbonyl (C=O) groups excluding carboxylic acids is 2. The van der Waals surface area contributed by atoms with Gasteiger partial charge in [0, 0.05) is 24.7 Å². The second-order valence-electron chi connectivity index (χ2n) is 8.31. The third-order valence-corrected chi connectivity index (χ3v) is 6.06. The average molecular weight is 463 g/mol. The Morgan fingerprint density at radius 2 is 1.74 bits per heavy atom. The number of ether oxygens (including phenoxy) is 2. The maximum Gasteiger partial charge on any atom is 0.323 e. The summed E-state index contributed by atoms with van der Waals surface area (Å²) in [5.41, 5.74) is 3.19. The number of hydrogen-bond acceptors (Lipinski definition) is 5. The summed E-state index contributed by atoms with van der Waals surface area (Å²) >= 11 is 0. The van der Waals surface area contributed by atoms with Crippen molar-refractivity contribution in [2.24, 2.45) is 0 Å². The number of methoxy groups -OCH3 is 2. The predicted molar refractivity (Wildman–Crippen MR) is 127 cm³/mol. The molecule has 6 nitrogen and oxygen atoms in total. The van der Waals surface area contributed by atoms with Gasteiger partial charge in [-0.3, -0.25) is 14.5 Å². The molecule has 0 aliphatic carbocycles. The van der Waals surface area contributed by atoms with E-state index in [0.29, 0.717) is 25.1 Å². The van der Waals surface area contributed by atoms with Gasteiger partial charge in [0.1, 0.15) is 17.6 Å². The van der Waals surface area contributed by atoms with E-state index in [-0.39, 0.29) is 23.7 Å². The van der Waals surface area contributed by atoms with E-state index >= 15 is 0 Å².